The smallest absolute Gasteiger partial charge is 0.319 e. The highest BCUT2D eigenvalue weighted by atomic mass is 35.5. The van der Waals surface area contributed by atoms with Crippen LogP contribution < -0.4 is 25.4 Å². The second kappa shape index (κ2) is 10.5. The zero-order valence-electron chi connectivity index (χ0n) is 19.4. The van der Waals surface area contributed by atoms with Gasteiger partial charge in [0.2, 0.25) is 5.91 Å². The first-order chi connectivity index (χ1) is 16.9. The van der Waals surface area contributed by atoms with E-state index >= 15 is 0 Å². The molecule has 3 amide bonds. The molecule has 180 valence electrons. The maximum atomic E-state index is 13.2. The van der Waals surface area contributed by atoms with Crippen LogP contribution in [0.4, 0.5) is 10.5 Å². The maximum absolute atomic E-state index is 13.2. The van der Waals surface area contributed by atoms with Crippen LogP contribution in [0.5, 0.6) is 11.5 Å². The molecule has 1 heterocycles. The van der Waals surface area contributed by atoms with Gasteiger partial charge in [0.15, 0.2) is 11.5 Å². The van der Waals surface area contributed by atoms with Crippen molar-refractivity contribution < 1.29 is 19.1 Å². The summed E-state index contributed by atoms with van der Waals surface area (Å²) in [5, 5.41) is 8.97. The summed E-state index contributed by atoms with van der Waals surface area (Å²) < 4.78 is 11.5. The van der Waals surface area contributed by atoms with Gasteiger partial charge in [-0.1, -0.05) is 60.1 Å². The molecule has 3 aromatic rings. The SMILES string of the molecule is C=C1NC(=O)N[C@H](c2ccc(OCc3ccccc3Cl)c(OC)c2)[C@H]1C(=O)Nc1ccc(C)cc1. The number of nitrogens with one attached hydrogen (secondary N) is 3. The van der Waals surface area contributed by atoms with Gasteiger partial charge in [-0.05, 0) is 42.8 Å². The van der Waals surface area contributed by atoms with Crippen LogP contribution in [0.1, 0.15) is 22.7 Å². The third-order valence-electron chi connectivity index (χ3n) is 5.76. The highest BCUT2D eigenvalue weighted by Gasteiger charge is 2.38. The fourth-order valence-electron chi connectivity index (χ4n) is 3.90. The zero-order valence-corrected chi connectivity index (χ0v) is 20.2. The summed E-state index contributed by atoms with van der Waals surface area (Å²) in [4.78, 5) is 25.5. The minimum atomic E-state index is -0.756. The molecule has 0 radical (unpaired) electrons. The summed E-state index contributed by atoms with van der Waals surface area (Å²) in [7, 11) is 1.53. The van der Waals surface area contributed by atoms with Crippen LogP contribution in [0.15, 0.2) is 79.0 Å². The normalized spacial score (nSPS) is 17.2. The third-order valence-corrected chi connectivity index (χ3v) is 6.13. The highest BCUT2D eigenvalue weighted by Crippen LogP contribution is 2.36. The van der Waals surface area contributed by atoms with Gasteiger partial charge in [-0.2, -0.15) is 0 Å². The summed E-state index contributed by atoms with van der Waals surface area (Å²) in [6.45, 7) is 6.16. The monoisotopic (exact) mass is 491 g/mol. The number of hydrogen-bond donors (Lipinski definition) is 3. The Balaban J connectivity index is 1.57. The summed E-state index contributed by atoms with van der Waals surface area (Å²) in [6, 6.07) is 19.1. The summed E-state index contributed by atoms with van der Waals surface area (Å²) in [6.07, 6.45) is 0. The maximum Gasteiger partial charge on any atom is 0.319 e. The Morgan fingerprint density at radius 3 is 2.54 bits per heavy atom. The van der Waals surface area contributed by atoms with Gasteiger partial charge in [-0.25, -0.2) is 4.79 Å². The number of amides is 3. The van der Waals surface area contributed by atoms with Gasteiger partial charge in [-0.15, -0.1) is 0 Å². The van der Waals surface area contributed by atoms with Gasteiger partial charge >= 0.3 is 6.03 Å². The van der Waals surface area contributed by atoms with Crippen molar-refractivity contribution in [2.45, 2.75) is 19.6 Å². The van der Waals surface area contributed by atoms with Crippen molar-refractivity contribution in [3.05, 3.63) is 101 Å². The molecule has 0 bridgehead atoms. The van der Waals surface area contributed by atoms with Crippen molar-refractivity contribution in [1.29, 1.82) is 0 Å². The van der Waals surface area contributed by atoms with Gasteiger partial charge in [-0.3, -0.25) is 4.79 Å². The van der Waals surface area contributed by atoms with Crippen LogP contribution in [0.3, 0.4) is 0 Å². The summed E-state index contributed by atoms with van der Waals surface area (Å²) in [5.41, 5.74) is 3.56. The van der Waals surface area contributed by atoms with E-state index in [2.05, 4.69) is 22.5 Å². The van der Waals surface area contributed by atoms with Gasteiger partial charge in [0, 0.05) is 22.0 Å². The van der Waals surface area contributed by atoms with Crippen molar-refractivity contribution in [1.82, 2.24) is 10.6 Å². The van der Waals surface area contributed by atoms with Crippen molar-refractivity contribution >= 4 is 29.2 Å². The number of hydrogen-bond acceptors (Lipinski definition) is 4. The summed E-state index contributed by atoms with van der Waals surface area (Å²) >= 11 is 6.23. The molecule has 0 aromatic heterocycles. The number of rotatable bonds is 7. The molecule has 0 spiro atoms. The molecule has 1 aliphatic heterocycles. The Morgan fingerprint density at radius 1 is 1.09 bits per heavy atom. The average molecular weight is 492 g/mol. The van der Waals surface area contributed by atoms with Crippen molar-refractivity contribution in [2.75, 3.05) is 12.4 Å². The van der Waals surface area contributed by atoms with E-state index in [1.807, 2.05) is 49.4 Å². The number of aryl methyl sites for hydroxylation is 1. The first-order valence-corrected chi connectivity index (χ1v) is 11.4. The lowest BCUT2D eigenvalue weighted by molar-refractivity contribution is -0.119. The van der Waals surface area contributed by atoms with Crippen molar-refractivity contribution in [3.8, 4) is 11.5 Å². The molecule has 7 nitrogen and oxygen atoms in total. The standard InChI is InChI=1S/C27H26ClN3O4/c1-16-8-11-20(12-9-16)30-26(32)24-17(2)29-27(33)31-25(24)18-10-13-22(23(14-18)34-3)35-15-19-6-4-5-7-21(19)28/h4-14,24-25H,2,15H2,1,3H3,(H,30,32)(H2,29,31,33)/t24-,25+/m0/s1. The molecular weight excluding hydrogens is 466 g/mol. The van der Waals surface area contributed by atoms with E-state index in [-0.39, 0.29) is 12.5 Å². The van der Waals surface area contributed by atoms with Gasteiger partial charge in [0.05, 0.1) is 13.2 Å². The highest BCUT2D eigenvalue weighted by molar-refractivity contribution is 6.31. The zero-order chi connectivity index (χ0) is 24.9. The number of urea groups is 1. The van der Waals surface area contributed by atoms with Crippen LogP contribution in [-0.4, -0.2) is 19.0 Å². The van der Waals surface area contributed by atoms with Gasteiger partial charge in [0.25, 0.3) is 0 Å². The molecule has 4 rings (SSSR count). The molecule has 3 aromatic carbocycles. The van der Waals surface area contributed by atoms with E-state index in [0.29, 0.717) is 33.5 Å². The fourth-order valence-corrected chi connectivity index (χ4v) is 4.09. The number of carbonyl (C=O) groups excluding carboxylic acids is 2. The van der Waals surface area contributed by atoms with Crippen LogP contribution in [0, 0.1) is 12.8 Å². The Kier molecular flexibility index (Phi) is 7.27. The average Bonchev–Trinajstić information content (AvgIpc) is 2.84. The molecule has 0 saturated carbocycles. The van der Waals surface area contributed by atoms with E-state index in [4.69, 9.17) is 21.1 Å². The molecule has 1 aliphatic rings. The lowest BCUT2D eigenvalue weighted by atomic mass is 9.88. The third kappa shape index (κ3) is 5.58. The molecule has 0 aliphatic carbocycles. The predicted octanol–water partition coefficient (Wildman–Crippen LogP) is 5.36. The van der Waals surface area contributed by atoms with E-state index in [1.54, 1.807) is 24.3 Å². The first kappa shape index (κ1) is 24.2. The van der Waals surface area contributed by atoms with Crippen LogP contribution in [0.2, 0.25) is 5.02 Å². The molecule has 1 saturated heterocycles. The van der Waals surface area contributed by atoms with Crippen molar-refractivity contribution in [2.24, 2.45) is 5.92 Å². The number of anilines is 1. The first-order valence-electron chi connectivity index (χ1n) is 11.0. The van der Waals surface area contributed by atoms with E-state index in [1.165, 1.54) is 7.11 Å². The minimum absolute atomic E-state index is 0.262. The fraction of sp³-hybridized carbons (Fsp3) is 0.185. The van der Waals surface area contributed by atoms with Crippen LogP contribution in [0.25, 0.3) is 0 Å². The van der Waals surface area contributed by atoms with Gasteiger partial charge < -0.3 is 25.4 Å². The van der Waals surface area contributed by atoms with Crippen LogP contribution in [-0.2, 0) is 11.4 Å². The molecule has 1 fully saturated rings. The Labute approximate surface area is 209 Å². The van der Waals surface area contributed by atoms with E-state index < -0.39 is 18.0 Å². The lowest BCUT2D eigenvalue weighted by Crippen LogP contribution is -2.51. The Hall–Kier alpha value is -3.97. The Morgan fingerprint density at radius 2 is 1.83 bits per heavy atom. The quantitative estimate of drug-likeness (QED) is 0.415. The second-order valence-electron chi connectivity index (χ2n) is 8.22. The second-order valence-corrected chi connectivity index (χ2v) is 8.63. The lowest BCUT2D eigenvalue weighted by Gasteiger charge is -2.34. The number of benzene rings is 3. The topological polar surface area (TPSA) is 88.7 Å². The predicted molar refractivity (Wildman–Crippen MR) is 136 cm³/mol. The molecule has 8 heteroatoms. The molecule has 3 N–H and O–H groups in total. The Bertz CT molecular complexity index is 1260. The number of ether oxygens (including phenoxy) is 2. The van der Waals surface area contributed by atoms with Gasteiger partial charge in [0.1, 0.15) is 12.5 Å². The minimum Gasteiger partial charge on any atom is -0.493 e. The number of halogens is 1. The van der Waals surface area contributed by atoms with E-state index in [0.717, 1.165) is 11.1 Å². The molecular formula is C27H26ClN3O4. The molecule has 2 atom stereocenters. The van der Waals surface area contributed by atoms with Crippen molar-refractivity contribution in [3.63, 3.8) is 0 Å². The van der Waals surface area contributed by atoms with Crippen LogP contribution >= 0.6 is 11.6 Å². The molecule has 0 unspecified atom stereocenters. The largest absolute Gasteiger partial charge is 0.493 e. The number of carbonyl (C=O) groups is 2. The summed E-state index contributed by atoms with van der Waals surface area (Å²) in [5.74, 6) is -0.0791. The molecule has 35 heavy (non-hydrogen) atoms. The number of methoxy groups -OCH3 is 1. The van der Waals surface area contributed by atoms with E-state index in [9.17, 15) is 9.59 Å².